The number of benzene rings is 1. The standard InChI is InChI=1S/C15H19ClN2O4/c1-3-22-15(20)18-8-6-17(7-9-18)14(19)12-5-4-11(21-2)10-13(12)16/h4-5,10H,3,6-9H2,1-2H3. The molecular formula is C15H19ClN2O4. The van der Waals surface area contributed by atoms with Gasteiger partial charge in [-0.3, -0.25) is 4.79 Å². The van der Waals surface area contributed by atoms with Crippen LogP contribution in [0.2, 0.25) is 5.02 Å². The third-order valence-corrected chi connectivity index (χ3v) is 3.81. The fraction of sp³-hybridized carbons (Fsp3) is 0.467. The zero-order chi connectivity index (χ0) is 16.1. The van der Waals surface area contributed by atoms with Crippen molar-refractivity contribution in [1.29, 1.82) is 0 Å². The molecule has 0 aromatic heterocycles. The first kappa shape index (κ1) is 16.4. The van der Waals surface area contributed by atoms with Crippen molar-refractivity contribution in [3.05, 3.63) is 28.8 Å². The predicted molar refractivity (Wildman–Crippen MR) is 82.5 cm³/mol. The van der Waals surface area contributed by atoms with Crippen LogP contribution in [-0.4, -0.2) is 61.7 Å². The highest BCUT2D eigenvalue weighted by Crippen LogP contribution is 2.24. The maximum atomic E-state index is 12.5. The van der Waals surface area contributed by atoms with Gasteiger partial charge in [-0.25, -0.2) is 4.79 Å². The van der Waals surface area contributed by atoms with E-state index in [1.807, 2.05) is 0 Å². The van der Waals surface area contributed by atoms with Gasteiger partial charge in [-0.15, -0.1) is 0 Å². The third-order valence-electron chi connectivity index (χ3n) is 3.50. The Balaban J connectivity index is 1.99. The number of methoxy groups -OCH3 is 1. The van der Waals surface area contributed by atoms with E-state index < -0.39 is 0 Å². The van der Waals surface area contributed by atoms with Gasteiger partial charge in [-0.2, -0.15) is 0 Å². The molecule has 1 aliphatic heterocycles. The van der Waals surface area contributed by atoms with E-state index >= 15 is 0 Å². The maximum absolute atomic E-state index is 12.5. The largest absolute Gasteiger partial charge is 0.497 e. The Morgan fingerprint density at radius 2 is 1.82 bits per heavy atom. The Hall–Kier alpha value is -1.95. The summed E-state index contributed by atoms with van der Waals surface area (Å²) in [4.78, 5) is 27.4. The first-order chi connectivity index (χ1) is 10.6. The molecule has 0 spiro atoms. The lowest BCUT2D eigenvalue weighted by molar-refractivity contribution is 0.0570. The second-order valence-corrected chi connectivity index (χ2v) is 5.23. The molecule has 1 aliphatic rings. The predicted octanol–water partition coefficient (Wildman–Crippen LogP) is 2.26. The highest BCUT2D eigenvalue weighted by atomic mass is 35.5. The number of ether oxygens (including phenoxy) is 2. The Morgan fingerprint density at radius 3 is 2.36 bits per heavy atom. The molecule has 22 heavy (non-hydrogen) atoms. The summed E-state index contributed by atoms with van der Waals surface area (Å²) < 4.78 is 10.0. The molecule has 0 saturated carbocycles. The first-order valence-corrected chi connectivity index (χ1v) is 7.49. The Kier molecular flexibility index (Phi) is 5.49. The summed E-state index contributed by atoms with van der Waals surface area (Å²) in [6, 6.07) is 4.97. The van der Waals surface area contributed by atoms with E-state index in [1.165, 1.54) is 0 Å². The number of carbonyl (C=O) groups excluding carboxylic acids is 2. The number of halogens is 1. The van der Waals surface area contributed by atoms with Crippen LogP contribution in [0.15, 0.2) is 18.2 Å². The van der Waals surface area contributed by atoms with Gasteiger partial charge in [-0.05, 0) is 25.1 Å². The van der Waals surface area contributed by atoms with Crippen LogP contribution in [0, 0.1) is 0 Å². The van der Waals surface area contributed by atoms with Gasteiger partial charge in [0.05, 0.1) is 24.3 Å². The summed E-state index contributed by atoms with van der Waals surface area (Å²) in [7, 11) is 1.54. The second-order valence-electron chi connectivity index (χ2n) is 4.82. The topological polar surface area (TPSA) is 59.1 Å². The van der Waals surface area contributed by atoms with Crippen LogP contribution in [0.3, 0.4) is 0 Å². The summed E-state index contributed by atoms with van der Waals surface area (Å²) >= 11 is 6.13. The zero-order valence-corrected chi connectivity index (χ0v) is 13.4. The van der Waals surface area contributed by atoms with E-state index in [0.29, 0.717) is 49.1 Å². The van der Waals surface area contributed by atoms with Gasteiger partial charge in [0.2, 0.25) is 0 Å². The van der Waals surface area contributed by atoms with Crippen molar-refractivity contribution in [1.82, 2.24) is 9.80 Å². The van der Waals surface area contributed by atoms with Crippen molar-refractivity contribution in [3.8, 4) is 5.75 Å². The summed E-state index contributed by atoms with van der Waals surface area (Å²) in [6.07, 6.45) is -0.336. The van der Waals surface area contributed by atoms with Crippen LogP contribution < -0.4 is 4.74 Å². The Bertz CT molecular complexity index is 556. The van der Waals surface area contributed by atoms with Gasteiger partial charge in [0.1, 0.15) is 5.75 Å². The summed E-state index contributed by atoms with van der Waals surface area (Å²) in [5.74, 6) is 0.463. The molecule has 0 radical (unpaired) electrons. The van der Waals surface area contributed by atoms with Crippen molar-refractivity contribution < 1.29 is 19.1 Å². The molecule has 0 N–H and O–H groups in total. The van der Waals surface area contributed by atoms with Gasteiger partial charge >= 0.3 is 6.09 Å². The molecule has 6 nitrogen and oxygen atoms in total. The van der Waals surface area contributed by atoms with Crippen LogP contribution in [0.4, 0.5) is 4.79 Å². The average molecular weight is 327 g/mol. The van der Waals surface area contributed by atoms with Gasteiger partial charge in [0, 0.05) is 26.2 Å². The minimum atomic E-state index is -0.336. The average Bonchev–Trinajstić information content (AvgIpc) is 2.54. The van der Waals surface area contributed by atoms with E-state index in [1.54, 1.807) is 42.0 Å². The van der Waals surface area contributed by atoms with E-state index in [4.69, 9.17) is 21.1 Å². The molecule has 0 unspecified atom stereocenters. The maximum Gasteiger partial charge on any atom is 0.409 e. The molecule has 1 aromatic rings. The number of piperazine rings is 1. The zero-order valence-electron chi connectivity index (χ0n) is 12.7. The number of rotatable bonds is 3. The van der Waals surface area contributed by atoms with E-state index in [2.05, 4.69) is 0 Å². The lowest BCUT2D eigenvalue weighted by Gasteiger charge is -2.34. The second kappa shape index (κ2) is 7.35. The van der Waals surface area contributed by atoms with Gasteiger partial charge in [-0.1, -0.05) is 11.6 Å². The molecule has 1 saturated heterocycles. The molecule has 2 amide bonds. The van der Waals surface area contributed by atoms with E-state index in [0.717, 1.165) is 0 Å². The fourth-order valence-electron chi connectivity index (χ4n) is 2.27. The molecule has 7 heteroatoms. The van der Waals surface area contributed by atoms with Crippen molar-refractivity contribution in [2.24, 2.45) is 0 Å². The van der Waals surface area contributed by atoms with Crippen molar-refractivity contribution in [2.45, 2.75) is 6.92 Å². The lowest BCUT2D eigenvalue weighted by Crippen LogP contribution is -2.50. The summed E-state index contributed by atoms with van der Waals surface area (Å²) in [5, 5.41) is 0.358. The van der Waals surface area contributed by atoms with Gasteiger partial charge in [0.25, 0.3) is 5.91 Å². The Labute approximate surface area is 134 Å². The van der Waals surface area contributed by atoms with Crippen LogP contribution in [0.5, 0.6) is 5.75 Å². The normalized spacial score (nSPS) is 14.7. The first-order valence-electron chi connectivity index (χ1n) is 7.11. The van der Waals surface area contributed by atoms with Crippen LogP contribution >= 0.6 is 11.6 Å². The van der Waals surface area contributed by atoms with Crippen molar-refractivity contribution in [2.75, 3.05) is 39.9 Å². The van der Waals surface area contributed by atoms with Crippen LogP contribution in [-0.2, 0) is 4.74 Å². The third kappa shape index (κ3) is 3.62. The van der Waals surface area contributed by atoms with E-state index in [9.17, 15) is 9.59 Å². The van der Waals surface area contributed by atoms with Crippen LogP contribution in [0.25, 0.3) is 0 Å². The minimum absolute atomic E-state index is 0.142. The van der Waals surface area contributed by atoms with Gasteiger partial charge in [0.15, 0.2) is 0 Å². The molecule has 0 bridgehead atoms. The number of hydrogen-bond acceptors (Lipinski definition) is 4. The number of hydrogen-bond donors (Lipinski definition) is 0. The SMILES string of the molecule is CCOC(=O)N1CCN(C(=O)c2ccc(OC)cc2Cl)CC1. The molecule has 1 fully saturated rings. The summed E-state index contributed by atoms with van der Waals surface area (Å²) in [6.45, 7) is 3.94. The summed E-state index contributed by atoms with van der Waals surface area (Å²) in [5.41, 5.74) is 0.437. The molecule has 0 atom stereocenters. The van der Waals surface area contributed by atoms with E-state index in [-0.39, 0.29) is 12.0 Å². The van der Waals surface area contributed by atoms with Gasteiger partial charge < -0.3 is 19.3 Å². The Morgan fingerprint density at radius 1 is 1.18 bits per heavy atom. The smallest absolute Gasteiger partial charge is 0.409 e. The quantitative estimate of drug-likeness (QED) is 0.855. The molecule has 1 heterocycles. The molecule has 2 rings (SSSR count). The van der Waals surface area contributed by atoms with Crippen molar-refractivity contribution in [3.63, 3.8) is 0 Å². The lowest BCUT2D eigenvalue weighted by atomic mass is 10.1. The minimum Gasteiger partial charge on any atom is -0.497 e. The van der Waals surface area contributed by atoms with Crippen molar-refractivity contribution >= 4 is 23.6 Å². The highest BCUT2D eigenvalue weighted by molar-refractivity contribution is 6.34. The number of nitrogens with zero attached hydrogens (tertiary/aromatic N) is 2. The number of amides is 2. The molecular weight excluding hydrogens is 308 g/mol. The molecule has 1 aromatic carbocycles. The monoisotopic (exact) mass is 326 g/mol. The number of carbonyl (C=O) groups is 2. The fourth-order valence-corrected chi connectivity index (χ4v) is 2.52. The van der Waals surface area contributed by atoms with Crippen LogP contribution in [0.1, 0.15) is 17.3 Å². The highest BCUT2D eigenvalue weighted by Gasteiger charge is 2.26. The molecule has 0 aliphatic carbocycles. The molecule has 120 valence electrons.